The summed E-state index contributed by atoms with van der Waals surface area (Å²) in [5.74, 6) is -0.746. The van der Waals surface area contributed by atoms with E-state index in [-0.39, 0.29) is 17.3 Å². The van der Waals surface area contributed by atoms with Gasteiger partial charge < -0.3 is 10.5 Å². The first-order chi connectivity index (χ1) is 6.61. The lowest BCUT2D eigenvalue weighted by Gasteiger charge is -1.96. The molecule has 0 saturated heterocycles. The zero-order valence-electron chi connectivity index (χ0n) is 8.04. The highest BCUT2D eigenvalue weighted by Gasteiger charge is 2.06. The quantitative estimate of drug-likeness (QED) is 0.559. The molecule has 2 N–H and O–H groups in total. The van der Waals surface area contributed by atoms with Crippen LogP contribution in [0.5, 0.6) is 0 Å². The van der Waals surface area contributed by atoms with Gasteiger partial charge in [-0.1, -0.05) is 0 Å². The van der Waals surface area contributed by atoms with Crippen LogP contribution in [0, 0.1) is 11.2 Å². The Labute approximate surface area is 81.7 Å². The first-order valence-corrected chi connectivity index (χ1v) is 3.91. The Balaban J connectivity index is 0.000000791. The second-order valence-corrected chi connectivity index (χ2v) is 2.46. The van der Waals surface area contributed by atoms with E-state index in [0.29, 0.717) is 5.56 Å². The highest BCUT2D eigenvalue weighted by molar-refractivity contribution is 6.44. The fraction of sp³-hybridized carbons (Fsp3) is 0.200. The molecule has 0 aromatic heterocycles. The number of aliphatic hydroxyl groups excluding tert-OH is 1. The van der Waals surface area contributed by atoms with Gasteiger partial charge in [-0.25, -0.2) is 4.39 Å². The number of hydrogen-bond acceptors (Lipinski definition) is 3. The summed E-state index contributed by atoms with van der Waals surface area (Å²) in [7, 11) is 1.00. The molecule has 76 valence electrons. The van der Waals surface area contributed by atoms with Crippen molar-refractivity contribution in [2.75, 3.05) is 7.11 Å². The second-order valence-electron chi connectivity index (χ2n) is 2.46. The van der Waals surface area contributed by atoms with Crippen molar-refractivity contribution >= 4 is 11.5 Å². The molecule has 0 saturated carbocycles. The average molecular weight is 197 g/mol. The zero-order chi connectivity index (χ0) is 11.1. The Bertz CT molecular complexity index is 319. The maximum atomic E-state index is 12.4. The summed E-state index contributed by atoms with van der Waals surface area (Å²) in [6.07, 6.45) is 0. The molecule has 1 rings (SSSR count). The van der Waals surface area contributed by atoms with Gasteiger partial charge in [0, 0.05) is 12.7 Å². The lowest BCUT2D eigenvalue weighted by molar-refractivity contribution is 0.106. The molecule has 4 heteroatoms. The smallest absolute Gasteiger partial charge is 0.206 e. The Morgan fingerprint density at radius 1 is 1.29 bits per heavy atom. The summed E-state index contributed by atoms with van der Waals surface area (Å²) >= 11 is 0. The minimum Gasteiger partial charge on any atom is -0.400 e. The minimum atomic E-state index is -0.380. The monoisotopic (exact) mass is 197 g/mol. The van der Waals surface area contributed by atoms with E-state index in [2.05, 4.69) is 0 Å². The number of nitrogens with one attached hydrogen (secondary N) is 1. The fourth-order valence-electron chi connectivity index (χ4n) is 0.818. The molecule has 0 unspecified atom stereocenters. The fourth-order valence-corrected chi connectivity index (χ4v) is 0.818. The van der Waals surface area contributed by atoms with Crippen LogP contribution in [0.4, 0.5) is 4.39 Å². The van der Waals surface area contributed by atoms with Crippen molar-refractivity contribution in [3.63, 3.8) is 0 Å². The van der Waals surface area contributed by atoms with Crippen LogP contribution in [-0.4, -0.2) is 23.7 Å². The minimum absolute atomic E-state index is 0.0402. The maximum Gasteiger partial charge on any atom is 0.206 e. The molecule has 0 heterocycles. The second kappa shape index (κ2) is 5.99. The summed E-state index contributed by atoms with van der Waals surface area (Å²) in [5, 5.41) is 14.0. The van der Waals surface area contributed by atoms with Gasteiger partial charge in [0.15, 0.2) is 0 Å². The van der Waals surface area contributed by atoms with Gasteiger partial charge in [-0.05, 0) is 31.2 Å². The number of carbonyl (C=O) groups is 1. The predicted molar refractivity (Wildman–Crippen MR) is 52.3 cm³/mol. The van der Waals surface area contributed by atoms with Crippen LogP contribution >= 0.6 is 0 Å². The molecule has 0 radical (unpaired) electrons. The molecule has 0 atom stereocenters. The third kappa shape index (κ3) is 3.45. The Morgan fingerprint density at radius 2 is 1.71 bits per heavy atom. The average Bonchev–Trinajstić information content (AvgIpc) is 2.21. The third-order valence-electron chi connectivity index (χ3n) is 1.45. The van der Waals surface area contributed by atoms with Crippen molar-refractivity contribution in [1.29, 1.82) is 5.41 Å². The highest BCUT2D eigenvalue weighted by Crippen LogP contribution is 2.03. The number of halogens is 1. The summed E-state index contributed by atoms with van der Waals surface area (Å²) in [6.45, 7) is 1.41. The number of hydrogen-bond donors (Lipinski definition) is 2. The standard InChI is InChI=1S/C9H8FNO.CH4O/c1-6(11)9(12)7-2-4-8(10)5-3-7;1-2/h2-5,11H,1H3;2H,1H3. The summed E-state index contributed by atoms with van der Waals surface area (Å²) in [5.41, 5.74) is 0.311. The number of Topliss-reactive ketones (excluding diaryl/α,β-unsaturated/α-hetero) is 1. The van der Waals surface area contributed by atoms with Crippen LogP contribution in [0.25, 0.3) is 0 Å². The third-order valence-corrected chi connectivity index (χ3v) is 1.45. The Kier molecular flexibility index (Phi) is 5.33. The lowest BCUT2D eigenvalue weighted by Crippen LogP contribution is -2.08. The van der Waals surface area contributed by atoms with E-state index in [1.807, 2.05) is 0 Å². The van der Waals surface area contributed by atoms with Crippen LogP contribution in [0.1, 0.15) is 17.3 Å². The molecule has 1 aromatic carbocycles. The Hall–Kier alpha value is -1.55. The van der Waals surface area contributed by atoms with Crippen LogP contribution in [0.15, 0.2) is 24.3 Å². The van der Waals surface area contributed by atoms with Crippen LogP contribution < -0.4 is 0 Å². The van der Waals surface area contributed by atoms with Crippen LogP contribution in [-0.2, 0) is 0 Å². The van der Waals surface area contributed by atoms with Gasteiger partial charge in [0.1, 0.15) is 5.82 Å². The molecule has 0 aliphatic carbocycles. The normalized spacial score (nSPS) is 8.57. The number of aliphatic hydroxyl groups is 1. The highest BCUT2D eigenvalue weighted by atomic mass is 19.1. The molecule has 14 heavy (non-hydrogen) atoms. The number of ketones is 1. The molecule has 3 nitrogen and oxygen atoms in total. The molecule has 0 aliphatic rings. The topological polar surface area (TPSA) is 61.2 Å². The maximum absolute atomic E-state index is 12.4. The van der Waals surface area contributed by atoms with Crippen molar-refractivity contribution in [1.82, 2.24) is 0 Å². The van der Waals surface area contributed by atoms with Crippen molar-refractivity contribution in [2.45, 2.75) is 6.92 Å². The zero-order valence-corrected chi connectivity index (χ0v) is 8.04. The van der Waals surface area contributed by atoms with Crippen molar-refractivity contribution < 1.29 is 14.3 Å². The van der Waals surface area contributed by atoms with Crippen molar-refractivity contribution in [3.05, 3.63) is 35.6 Å². The van der Waals surface area contributed by atoms with Gasteiger partial charge in [0.05, 0.1) is 5.71 Å². The predicted octanol–water partition coefficient (Wildman–Crippen LogP) is 1.66. The first-order valence-electron chi connectivity index (χ1n) is 3.91. The van der Waals surface area contributed by atoms with Crippen molar-refractivity contribution in [3.8, 4) is 0 Å². The van der Waals surface area contributed by atoms with Gasteiger partial charge >= 0.3 is 0 Å². The van der Waals surface area contributed by atoms with Gasteiger partial charge in [0.25, 0.3) is 0 Å². The largest absolute Gasteiger partial charge is 0.400 e. The summed E-state index contributed by atoms with van der Waals surface area (Å²) in [6, 6.07) is 5.15. The van der Waals surface area contributed by atoms with E-state index >= 15 is 0 Å². The van der Waals surface area contributed by atoms with E-state index in [9.17, 15) is 9.18 Å². The van der Waals surface area contributed by atoms with E-state index in [1.165, 1.54) is 31.2 Å². The van der Waals surface area contributed by atoms with Crippen LogP contribution in [0.2, 0.25) is 0 Å². The van der Waals surface area contributed by atoms with E-state index in [1.54, 1.807) is 0 Å². The van der Waals surface area contributed by atoms with Gasteiger partial charge in [-0.3, -0.25) is 4.79 Å². The van der Waals surface area contributed by atoms with Crippen LogP contribution in [0.3, 0.4) is 0 Å². The van der Waals surface area contributed by atoms with E-state index in [0.717, 1.165) is 7.11 Å². The lowest BCUT2D eigenvalue weighted by atomic mass is 10.1. The molecule has 0 bridgehead atoms. The van der Waals surface area contributed by atoms with E-state index < -0.39 is 0 Å². The van der Waals surface area contributed by atoms with E-state index in [4.69, 9.17) is 10.5 Å². The number of benzene rings is 1. The summed E-state index contributed by atoms with van der Waals surface area (Å²) < 4.78 is 12.4. The molecule has 0 fully saturated rings. The first kappa shape index (κ1) is 12.4. The number of carbonyl (C=O) groups excluding carboxylic acids is 1. The molecule has 1 aromatic rings. The van der Waals surface area contributed by atoms with Crippen molar-refractivity contribution in [2.24, 2.45) is 0 Å². The number of rotatable bonds is 2. The summed E-state index contributed by atoms with van der Waals surface area (Å²) in [4.78, 5) is 11.1. The Morgan fingerprint density at radius 3 is 2.07 bits per heavy atom. The molecular weight excluding hydrogens is 185 g/mol. The molecule has 0 aliphatic heterocycles. The molecular formula is C10H12FNO2. The van der Waals surface area contributed by atoms with Gasteiger partial charge in [0.2, 0.25) is 5.78 Å². The SMILES string of the molecule is CC(=N)C(=O)c1ccc(F)cc1.CO. The molecule has 0 amide bonds. The van der Waals surface area contributed by atoms with Gasteiger partial charge in [-0.2, -0.15) is 0 Å². The van der Waals surface area contributed by atoms with Gasteiger partial charge in [-0.15, -0.1) is 0 Å². The molecule has 0 spiro atoms.